The Morgan fingerprint density at radius 2 is 2.25 bits per heavy atom. The predicted molar refractivity (Wildman–Crippen MR) is 94.7 cm³/mol. The topological polar surface area (TPSA) is 54.9 Å². The molecular weight excluding hydrogens is 322 g/mol. The van der Waals surface area contributed by atoms with E-state index in [-0.39, 0.29) is 11.4 Å². The molecule has 0 amide bonds. The summed E-state index contributed by atoms with van der Waals surface area (Å²) < 4.78 is 5.35. The van der Waals surface area contributed by atoms with Gasteiger partial charge in [0.15, 0.2) is 0 Å². The van der Waals surface area contributed by atoms with E-state index in [0.717, 1.165) is 24.0 Å². The number of quaternary nitrogens is 1. The molecular formula is C19H20NO3S+. The van der Waals surface area contributed by atoms with Crippen molar-refractivity contribution in [3.8, 4) is 5.75 Å². The average molecular weight is 342 g/mol. The molecule has 4 rings (SSSR count). The van der Waals surface area contributed by atoms with E-state index < -0.39 is 0 Å². The Hall–Kier alpha value is -2.11. The van der Waals surface area contributed by atoms with Crippen molar-refractivity contribution in [2.45, 2.75) is 32.4 Å². The minimum absolute atomic E-state index is 0.160. The highest BCUT2D eigenvalue weighted by atomic mass is 32.1. The third-order valence-electron chi connectivity index (χ3n) is 5.01. The van der Waals surface area contributed by atoms with Crippen molar-refractivity contribution in [2.24, 2.45) is 0 Å². The summed E-state index contributed by atoms with van der Waals surface area (Å²) in [5, 5.41) is 12.9. The van der Waals surface area contributed by atoms with Gasteiger partial charge in [0.25, 0.3) is 0 Å². The normalized spacial score (nSPS) is 20.7. The van der Waals surface area contributed by atoms with Gasteiger partial charge in [-0.3, -0.25) is 0 Å². The van der Waals surface area contributed by atoms with E-state index in [1.807, 2.05) is 17.4 Å². The van der Waals surface area contributed by atoms with Crippen molar-refractivity contribution in [1.29, 1.82) is 0 Å². The Morgan fingerprint density at radius 3 is 3.04 bits per heavy atom. The largest absolute Gasteiger partial charge is 0.508 e. The summed E-state index contributed by atoms with van der Waals surface area (Å²) in [5.41, 5.74) is 1.78. The Kier molecular flexibility index (Phi) is 3.90. The zero-order valence-electron chi connectivity index (χ0n) is 13.5. The number of fused-ring (bicyclic) bond motifs is 1. The first kappa shape index (κ1) is 15.4. The van der Waals surface area contributed by atoms with Gasteiger partial charge in [0.2, 0.25) is 0 Å². The highest BCUT2D eigenvalue weighted by molar-refractivity contribution is 7.10. The maximum Gasteiger partial charge on any atom is 0.336 e. The van der Waals surface area contributed by atoms with Crippen LogP contribution >= 0.6 is 11.3 Å². The molecule has 2 N–H and O–H groups in total. The Balaban J connectivity index is 1.74. The number of likely N-dealkylation sites (tertiary alicyclic amines) is 1. The maximum absolute atomic E-state index is 12.0. The number of hydrogen-bond donors (Lipinski definition) is 2. The zero-order valence-corrected chi connectivity index (χ0v) is 14.4. The molecule has 1 unspecified atom stereocenters. The average Bonchev–Trinajstić information content (AvgIpc) is 3.22. The molecule has 1 fully saturated rings. The van der Waals surface area contributed by atoms with Crippen LogP contribution < -0.4 is 10.5 Å². The molecule has 1 aliphatic rings. The Morgan fingerprint density at radius 1 is 1.38 bits per heavy atom. The minimum atomic E-state index is -0.350. The van der Waals surface area contributed by atoms with Crippen LogP contribution in [0.3, 0.4) is 0 Å². The van der Waals surface area contributed by atoms with Crippen LogP contribution in [0.15, 0.2) is 44.9 Å². The van der Waals surface area contributed by atoms with Crippen LogP contribution in [0.1, 0.15) is 34.9 Å². The smallest absolute Gasteiger partial charge is 0.336 e. The first-order valence-corrected chi connectivity index (χ1v) is 9.15. The van der Waals surface area contributed by atoms with Gasteiger partial charge < -0.3 is 14.4 Å². The van der Waals surface area contributed by atoms with Crippen LogP contribution in [0.5, 0.6) is 5.75 Å². The van der Waals surface area contributed by atoms with Gasteiger partial charge in [-0.1, -0.05) is 6.07 Å². The third kappa shape index (κ3) is 2.64. The minimum Gasteiger partial charge on any atom is -0.508 e. The maximum atomic E-state index is 12.0. The lowest BCUT2D eigenvalue weighted by atomic mass is 10.1. The monoisotopic (exact) mass is 342 g/mol. The molecule has 1 aliphatic heterocycles. The summed E-state index contributed by atoms with van der Waals surface area (Å²) >= 11 is 1.81. The van der Waals surface area contributed by atoms with Gasteiger partial charge in [-0.15, -0.1) is 11.3 Å². The van der Waals surface area contributed by atoms with Crippen LogP contribution in [-0.2, 0) is 6.54 Å². The number of aryl methyl sites for hydroxylation is 1. The van der Waals surface area contributed by atoms with Crippen molar-refractivity contribution in [1.82, 2.24) is 0 Å². The second-order valence-corrected chi connectivity index (χ2v) is 7.45. The fraction of sp³-hybridized carbons (Fsp3) is 0.316. The molecule has 3 heterocycles. The summed E-state index contributed by atoms with van der Waals surface area (Å²) in [5.74, 6) is 0.160. The molecule has 4 nitrogen and oxygen atoms in total. The van der Waals surface area contributed by atoms with Gasteiger partial charge in [-0.05, 0) is 30.5 Å². The number of phenolic OH excluding ortho intramolecular Hbond substituents is 1. The van der Waals surface area contributed by atoms with Crippen molar-refractivity contribution < 1.29 is 14.4 Å². The second kappa shape index (κ2) is 6.07. The Bertz CT molecular complexity index is 930. The van der Waals surface area contributed by atoms with Crippen LogP contribution in [0.4, 0.5) is 0 Å². The SMILES string of the molecule is Cc1c(O)ccc2c(C[NH+]3CCC[C@@H]3c3cccs3)cc(=O)oc12. The van der Waals surface area contributed by atoms with Gasteiger partial charge in [0.1, 0.15) is 23.9 Å². The molecule has 124 valence electrons. The van der Waals surface area contributed by atoms with Crippen molar-refractivity contribution in [3.63, 3.8) is 0 Å². The molecule has 24 heavy (non-hydrogen) atoms. The number of benzene rings is 1. The van der Waals surface area contributed by atoms with Crippen molar-refractivity contribution >= 4 is 22.3 Å². The van der Waals surface area contributed by atoms with E-state index in [2.05, 4.69) is 17.5 Å². The zero-order chi connectivity index (χ0) is 16.7. The summed E-state index contributed by atoms with van der Waals surface area (Å²) in [6, 6.07) is 9.96. The molecule has 0 radical (unpaired) electrons. The van der Waals surface area contributed by atoms with Gasteiger partial charge in [0, 0.05) is 35.4 Å². The first-order valence-electron chi connectivity index (χ1n) is 8.27. The van der Waals surface area contributed by atoms with Crippen LogP contribution in [0.2, 0.25) is 0 Å². The molecule has 0 spiro atoms. The quantitative estimate of drug-likeness (QED) is 0.720. The van der Waals surface area contributed by atoms with Gasteiger partial charge >= 0.3 is 5.63 Å². The molecule has 5 heteroatoms. The standard InChI is InChI=1S/C19H19NO3S/c1-12-16(21)7-6-14-13(10-18(22)23-19(12)14)11-20-8-2-4-15(20)17-5-3-9-24-17/h3,5-7,9-10,15,21H,2,4,8,11H2,1H3/p+1/t15-/m1/s1. The van der Waals surface area contributed by atoms with E-state index in [9.17, 15) is 9.90 Å². The van der Waals surface area contributed by atoms with Crippen LogP contribution in [0, 0.1) is 6.92 Å². The molecule has 0 aliphatic carbocycles. The highest BCUT2D eigenvalue weighted by Gasteiger charge is 2.31. The van der Waals surface area contributed by atoms with E-state index in [4.69, 9.17) is 4.42 Å². The molecule has 2 aromatic heterocycles. The number of hydrogen-bond acceptors (Lipinski definition) is 4. The summed E-state index contributed by atoms with van der Waals surface area (Å²) in [6.45, 7) is 3.69. The van der Waals surface area contributed by atoms with E-state index >= 15 is 0 Å². The molecule has 1 aromatic carbocycles. The van der Waals surface area contributed by atoms with Crippen LogP contribution in [0.25, 0.3) is 11.0 Å². The fourth-order valence-electron chi connectivity index (χ4n) is 3.76. The number of aromatic hydroxyl groups is 1. The summed E-state index contributed by atoms with van der Waals surface area (Å²) in [6.07, 6.45) is 2.39. The number of rotatable bonds is 3. The lowest BCUT2D eigenvalue weighted by Gasteiger charge is -2.21. The van der Waals surface area contributed by atoms with E-state index in [1.54, 1.807) is 19.1 Å². The molecule has 1 saturated heterocycles. The number of thiophene rings is 1. The second-order valence-electron chi connectivity index (χ2n) is 6.47. The van der Waals surface area contributed by atoms with Gasteiger partial charge in [-0.25, -0.2) is 4.79 Å². The highest BCUT2D eigenvalue weighted by Crippen LogP contribution is 2.28. The third-order valence-corrected chi connectivity index (χ3v) is 5.99. The van der Waals surface area contributed by atoms with Gasteiger partial charge in [0.05, 0.1) is 11.4 Å². The van der Waals surface area contributed by atoms with Crippen LogP contribution in [-0.4, -0.2) is 11.7 Å². The van der Waals surface area contributed by atoms with E-state index in [1.165, 1.54) is 22.6 Å². The lowest BCUT2D eigenvalue weighted by molar-refractivity contribution is -0.931. The molecule has 3 aromatic rings. The van der Waals surface area contributed by atoms with E-state index in [0.29, 0.717) is 17.2 Å². The number of phenols is 1. The van der Waals surface area contributed by atoms with Crippen molar-refractivity contribution in [2.75, 3.05) is 6.54 Å². The Labute approximate surface area is 144 Å². The summed E-state index contributed by atoms with van der Waals surface area (Å²) in [7, 11) is 0. The van der Waals surface area contributed by atoms with Gasteiger partial charge in [-0.2, -0.15) is 0 Å². The molecule has 0 bridgehead atoms. The summed E-state index contributed by atoms with van der Waals surface area (Å²) in [4.78, 5) is 14.9. The predicted octanol–water partition coefficient (Wildman–Crippen LogP) is 2.79. The fourth-order valence-corrected chi connectivity index (χ4v) is 4.68. The van der Waals surface area contributed by atoms with Crippen molar-refractivity contribution in [3.05, 3.63) is 62.1 Å². The molecule has 0 saturated carbocycles. The molecule has 2 atom stereocenters. The lowest BCUT2D eigenvalue weighted by Crippen LogP contribution is -3.08. The number of nitrogens with one attached hydrogen (secondary N) is 1. The first-order chi connectivity index (χ1) is 11.6.